The summed E-state index contributed by atoms with van der Waals surface area (Å²) in [6.07, 6.45) is 12.7. The summed E-state index contributed by atoms with van der Waals surface area (Å²) in [5, 5.41) is 7.91. The Morgan fingerprint density at radius 1 is 1.03 bits per heavy atom. The first kappa shape index (κ1) is 21.0. The van der Waals surface area contributed by atoms with Crippen LogP contribution in [0.4, 0.5) is 5.69 Å². The number of benzene rings is 1. The van der Waals surface area contributed by atoms with Crippen molar-refractivity contribution in [2.45, 2.75) is 50.2 Å². The predicted molar refractivity (Wildman–Crippen MR) is 134 cm³/mol. The number of nitrogens with zero attached hydrogens (tertiary/aromatic N) is 3. The molecule has 0 spiro atoms. The van der Waals surface area contributed by atoms with E-state index in [1.807, 2.05) is 18.3 Å². The summed E-state index contributed by atoms with van der Waals surface area (Å²) in [7, 11) is 0. The average Bonchev–Trinajstić information content (AvgIpc) is 3.58. The molecule has 6 heteroatoms. The van der Waals surface area contributed by atoms with Gasteiger partial charge in [0.25, 0.3) is 0 Å². The first-order valence-electron chi connectivity index (χ1n) is 11.7. The van der Waals surface area contributed by atoms with Crippen LogP contribution in [0.15, 0.2) is 73.2 Å². The fraction of sp³-hybridized carbons (Fsp3) is 0.385. The molecule has 3 aromatic rings. The van der Waals surface area contributed by atoms with Crippen molar-refractivity contribution in [3.63, 3.8) is 0 Å². The SMILES string of the molecule is S=C1N[C@H](c2ccccn2)[C@@H](c2ccn(C3CCCC3)c2)N1CCCNc1ccccc1. The second kappa shape index (κ2) is 9.74. The third-order valence-corrected chi connectivity index (χ3v) is 7.05. The Bertz CT molecular complexity index is 1010. The van der Waals surface area contributed by atoms with Crippen LogP contribution in [0.2, 0.25) is 0 Å². The van der Waals surface area contributed by atoms with Crippen LogP contribution in [0.1, 0.15) is 61.5 Å². The Labute approximate surface area is 195 Å². The molecule has 5 nitrogen and oxygen atoms in total. The summed E-state index contributed by atoms with van der Waals surface area (Å²) in [5.41, 5.74) is 3.51. The predicted octanol–water partition coefficient (Wildman–Crippen LogP) is 5.47. The zero-order valence-electron chi connectivity index (χ0n) is 18.4. The van der Waals surface area contributed by atoms with Gasteiger partial charge in [0.1, 0.15) is 0 Å². The summed E-state index contributed by atoms with van der Waals surface area (Å²) in [6, 6.07) is 19.6. The molecule has 2 aliphatic rings. The van der Waals surface area contributed by atoms with E-state index in [0.717, 1.165) is 36.0 Å². The first-order chi connectivity index (χ1) is 15.8. The van der Waals surface area contributed by atoms with Gasteiger partial charge in [-0.05, 0) is 67.4 Å². The van der Waals surface area contributed by atoms with Crippen LogP contribution in [-0.4, -0.2) is 32.7 Å². The number of para-hydroxylation sites is 1. The molecule has 5 rings (SSSR count). The molecule has 2 fully saturated rings. The Balaban J connectivity index is 1.34. The lowest BCUT2D eigenvalue weighted by atomic mass is 9.99. The smallest absolute Gasteiger partial charge is 0.170 e. The lowest BCUT2D eigenvalue weighted by Crippen LogP contribution is -2.31. The van der Waals surface area contributed by atoms with Gasteiger partial charge in [-0.3, -0.25) is 4.98 Å². The van der Waals surface area contributed by atoms with Crippen LogP contribution < -0.4 is 10.6 Å². The van der Waals surface area contributed by atoms with Crippen molar-refractivity contribution in [1.82, 2.24) is 19.8 Å². The van der Waals surface area contributed by atoms with Crippen LogP contribution in [0.3, 0.4) is 0 Å². The van der Waals surface area contributed by atoms with Crippen LogP contribution in [-0.2, 0) is 0 Å². The average molecular weight is 446 g/mol. The Morgan fingerprint density at radius 3 is 2.62 bits per heavy atom. The van der Waals surface area contributed by atoms with E-state index >= 15 is 0 Å². The molecule has 1 aliphatic heterocycles. The quantitative estimate of drug-likeness (QED) is 0.355. The topological polar surface area (TPSA) is 45.1 Å². The fourth-order valence-corrected chi connectivity index (χ4v) is 5.41. The van der Waals surface area contributed by atoms with Crippen LogP contribution in [0.25, 0.3) is 0 Å². The van der Waals surface area contributed by atoms with Gasteiger partial charge in [0.05, 0.1) is 17.8 Å². The molecule has 3 heterocycles. The number of hydrogen-bond donors (Lipinski definition) is 2. The molecule has 0 amide bonds. The van der Waals surface area contributed by atoms with E-state index in [0.29, 0.717) is 6.04 Å². The highest BCUT2D eigenvalue weighted by atomic mass is 32.1. The second-order valence-corrected chi connectivity index (χ2v) is 9.18. The van der Waals surface area contributed by atoms with Gasteiger partial charge in [-0.2, -0.15) is 0 Å². The fourth-order valence-electron chi connectivity index (χ4n) is 5.08. The van der Waals surface area contributed by atoms with Gasteiger partial charge in [0.2, 0.25) is 0 Å². The summed E-state index contributed by atoms with van der Waals surface area (Å²) in [4.78, 5) is 7.01. The van der Waals surface area contributed by atoms with Crippen molar-refractivity contribution >= 4 is 23.0 Å². The van der Waals surface area contributed by atoms with Crippen molar-refractivity contribution in [2.75, 3.05) is 18.4 Å². The highest BCUT2D eigenvalue weighted by Gasteiger charge is 2.40. The van der Waals surface area contributed by atoms with Gasteiger partial charge in [0.15, 0.2) is 5.11 Å². The van der Waals surface area contributed by atoms with Gasteiger partial charge >= 0.3 is 0 Å². The molecule has 1 saturated heterocycles. The van der Waals surface area contributed by atoms with E-state index in [1.54, 1.807) is 0 Å². The molecule has 0 radical (unpaired) electrons. The van der Waals surface area contributed by atoms with E-state index in [1.165, 1.54) is 31.2 Å². The molecule has 2 aromatic heterocycles. The van der Waals surface area contributed by atoms with Crippen LogP contribution in [0, 0.1) is 0 Å². The monoisotopic (exact) mass is 445 g/mol. The molecule has 1 saturated carbocycles. The van der Waals surface area contributed by atoms with Gasteiger partial charge < -0.3 is 20.1 Å². The molecule has 0 unspecified atom stereocenters. The number of rotatable bonds is 8. The lowest BCUT2D eigenvalue weighted by Gasteiger charge is -2.27. The first-order valence-corrected chi connectivity index (χ1v) is 12.1. The largest absolute Gasteiger partial charge is 0.385 e. The molecular formula is C26H31N5S. The molecule has 1 aliphatic carbocycles. The van der Waals surface area contributed by atoms with Crippen LogP contribution in [0.5, 0.6) is 0 Å². The summed E-state index contributed by atoms with van der Waals surface area (Å²) >= 11 is 5.81. The third-order valence-electron chi connectivity index (χ3n) is 6.70. The summed E-state index contributed by atoms with van der Waals surface area (Å²) < 4.78 is 2.42. The lowest BCUT2D eigenvalue weighted by molar-refractivity contribution is 0.315. The van der Waals surface area contributed by atoms with Crippen molar-refractivity contribution in [1.29, 1.82) is 0 Å². The van der Waals surface area contributed by atoms with Gasteiger partial charge in [-0.1, -0.05) is 37.1 Å². The highest BCUT2D eigenvalue weighted by Crippen LogP contribution is 2.40. The van der Waals surface area contributed by atoms with Crippen molar-refractivity contribution in [3.05, 3.63) is 84.4 Å². The van der Waals surface area contributed by atoms with E-state index in [2.05, 4.69) is 79.9 Å². The number of hydrogen-bond acceptors (Lipinski definition) is 3. The number of nitrogens with one attached hydrogen (secondary N) is 2. The summed E-state index contributed by atoms with van der Waals surface area (Å²) in [6.45, 7) is 1.81. The van der Waals surface area contributed by atoms with Gasteiger partial charge in [0, 0.05) is 43.4 Å². The minimum atomic E-state index is 0.0604. The maximum Gasteiger partial charge on any atom is 0.170 e. The normalized spacial score (nSPS) is 21.1. The maximum atomic E-state index is 5.81. The Hall–Kier alpha value is -2.86. The highest BCUT2D eigenvalue weighted by molar-refractivity contribution is 7.80. The molecule has 2 N–H and O–H groups in total. The molecule has 1 aromatic carbocycles. The zero-order valence-corrected chi connectivity index (χ0v) is 19.2. The van der Waals surface area contributed by atoms with E-state index in [4.69, 9.17) is 12.2 Å². The van der Waals surface area contributed by atoms with E-state index < -0.39 is 0 Å². The number of pyridine rings is 1. The van der Waals surface area contributed by atoms with Crippen molar-refractivity contribution in [2.24, 2.45) is 0 Å². The molecule has 166 valence electrons. The minimum Gasteiger partial charge on any atom is -0.385 e. The van der Waals surface area contributed by atoms with Crippen molar-refractivity contribution < 1.29 is 0 Å². The number of aromatic nitrogens is 2. The standard InChI is InChI=1S/C26H31N5S/c32-26-29-24(23-13-6-7-15-28-23)25(20-14-18-30(19-20)22-11-4-5-12-22)31(26)17-8-16-27-21-9-2-1-3-10-21/h1-3,6-7,9-10,13-15,18-19,22,24-25,27H,4-5,8,11-12,16-17H2,(H,29,32)/t24-,25-/m1/s1. The Kier molecular flexibility index (Phi) is 6.39. The van der Waals surface area contributed by atoms with E-state index in [9.17, 15) is 0 Å². The maximum absolute atomic E-state index is 5.81. The minimum absolute atomic E-state index is 0.0604. The summed E-state index contributed by atoms with van der Waals surface area (Å²) in [5.74, 6) is 0. The third kappa shape index (κ3) is 4.51. The second-order valence-electron chi connectivity index (χ2n) is 8.80. The Morgan fingerprint density at radius 2 is 1.84 bits per heavy atom. The number of anilines is 1. The van der Waals surface area contributed by atoms with Crippen LogP contribution >= 0.6 is 12.2 Å². The zero-order chi connectivity index (χ0) is 21.8. The molecule has 0 bridgehead atoms. The van der Waals surface area contributed by atoms with Gasteiger partial charge in [-0.15, -0.1) is 0 Å². The number of thiocarbonyl (C=S) groups is 1. The molecule has 2 atom stereocenters. The van der Waals surface area contributed by atoms with E-state index in [-0.39, 0.29) is 12.1 Å². The molecular weight excluding hydrogens is 414 g/mol. The molecule has 32 heavy (non-hydrogen) atoms. The van der Waals surface area contributed by atoms with Crippen molar-refractivity contribution in [3.8, 4) is 0 Å². The van der Waals surface area contributed by atoms with Gasteiger partial charge in [-0.25, -0.2) is 0 Å².